The van der Waals surface area contributed by atoms with Gasteiger partial charge in [0.15, 0.2) is 12.6 Å². The van der Waals surface area contributed by atoms with Crippen LogP contribution in [0, 0.1) is 28.1 Å². The summed E-state index contributed by atoms with van der Waals surface area (Å²) in [6.45, 7) is 14.7. The molecule has 2 saturated carbocycles. The molecule has 3 aromatic rings. The number of aromatic nitrogens is 4. The third kappa shape index (κ3) is 8.12. The van der Waals surface area contributed by atoms with Crippen molar-refractivity contribution >= 4 is 11.3 Å². The van der Waals surface area contributed by atoms with Gasteiger partial charge >= 0.3 is 0 Å². The van der Waals surface area contributed by atoms with Crippen LogP contribution in [-0.4, -0.2) is 113 Å². The standard InChI is InChI=1S/C45H59N7O6/c1-5-32-17-31(7-6-16-46)8-11-35(32)36-20-51(22-39-54-27-42(2,3)28-55-39)43(36,4)12-13-45(26-53)24-50(25-45)33-18-38(58-34-9-10-34)41(47-19-33)37-21-52(49-48-37)23-40-56-29-44(14-15-44)30-57-40/h8,11,17-21,34,39-40,53H,5,9-10,12-16,22-30,46H2,1-4H3. The minimum absolute atomic E-state index is 0.00410. The summed E-state index contributed by atoms with van der Waals surface area (Å²) in [5, 5.41) is 19.8. The van der Waals surface area contributed by atoms with Crippen LogP contribution < -0.4 is 15.4 Å². The lowest BCUT2D eigenvalue weighted by Gasteiger charge is -2.56. The second-order valence-electron chi connectivity index (χ2n) is 18.7. The molecule has 310 valence electrons. The summed E-state index contributed by atoms with van der Waals surface area (Å²) in [5.41, 5.74) is 12.5. The predicted octanol–water partition coefficient (Wildman–Crippen LogP) is 5.00. The fourth-order valence-electron chi connectivity index (χ4n) is 8.69. The first-order valence-corrected chi connectivity index (χ1v) is 21.2. The second-order valence-corrected chi connectivity index (χ2v) is 18.7. The number of pyridine rings is 1. The largest absolute Gasteiger partial charge is 0.488 e. The number of hydrogen-bond donors (Lipinski definition) is 2. The fourth-order valence-corrected chi connectivity index (χ4v) is 8.69. The molecule has 6 heterocycles. The van der Waals surface area contributed by atoms with E-state index in [1.54, 1.807) is 4.68 Å². The van der Waals surface area contributed by atoms with Gasteiger partial charge in [-0.25, -0.2) is 9.67 Å². The van der Waals surface area contributed by atoms with Crippen molar-refractivity contribution in [3.8, 4) is 29.0 Å². The number of benzene rings is 1. The molecule has 2 aliphatic carbocycles. The lowest BCUT2D eigenvalue weighted by atomic mass is 9.69. The topological polar surface area (TPSA) is 142 Å². The molecule has 58 heavy (non-hydrogen) atoms. The molecule has 1 atom stereocenters. The van der Waals surface area contributed by atoms with Crippen LogP contribution in [-0.2, 0) is 31.9 Å². The molecule has 13 heteroatoms. The number of aliphatic hydroxyl groups is 1. The highest BCUT2D eigenvalue weighted by molar-refractivity contribution is 5.80. The zero-order valence-corrected chi connectivity index (χ0v) is 34.5. The Labute approximate surface area is 342 Å². The van der Waals surface area contributed by atoms with Crippen LogP contribution in [0.3, 0.4) is 0 Å². The molecule has 6 aliphatic rings. The van der Waals surface area contributed by atoms with Gasteiger partial charge in [0.2, 0.25) is 0 Å². The van der Waals surface area contributed by atoms with E-state index in [1.165, 1.54) is 29.5 Å². The van der Waals surface area contributed by atoms with Crippen molar-refractivity contribution in [2.75, 3.05) is 64.1 Å². The van der Waals surface area contributed by atoms with Gasteiger partial charge < -0.3 is 44.3 Å². The molecule has 4 aliphatic heterocycles. The zero-order chi connectivity index (χ0) is 40.1. The van der Waals surface area contributed by atoms with E-state index in [4.69, 9.17) is 34.4 Å². The molecule has 3 saturated heterocycles. The molecule has 3 N–H and O–H groups in total. The number of hydrogen-bond acceptors (Lipinski definition) is 12. The van der Waals surface area contributed by atoms with Crippen LogP contribution in [0.15, 0.2) is 42.9 Å². The van der Waals surface area contributed by atoms with E-state index in [0.717, 1.165) is 69.7 Å². The molecule has 5 fully saturated rings. The minimum atomic E-state index is -0.330. The van der Waals surface area contributed by atoms with Gasteiger partial charge in [0.1, 0.15) is 17.1 Å². The van der Waals surface area contributed by atoms with Crippen molar-refractivity contribution in [1.29, 1.82) is 0 Å². The van der Waals surface area contributed by atoms with Gasteiger partial charge in [0.25, 0.3) is 0 Å². The van der Waals surface area contributed by atoms with Crippen molar-refractivity contribution < 1.29 is 28.8 Å². The molecule has 0 bridgehead atoms. The first-order chi connectivity index (χ1) is 28.0. The van der Waals surface area contributed by atoms with Gasteiger partial charge in [-0.3, -0.25) is 0 Å². The first-order valence-electron chi connectivity index (χ1n) is 21.2. The van der Waals surface area contributed by atoms with E-state index in [0.29, 0.717) is 50.0 Å². The fraction of sp³-hybridized carbons (Fsp3) is 0.622. The summed E-state index contributed by atoms with van der Waals surface area (Å²) < 4.78 is 32.6. The second kappa shape index (κ2) is 15.5. The lowest BCUT2D eigenvalue weighted by Crippen LogP contribution is -2.61. The summed E-state index contributed by atoms with van der Waals surface area (Å²) in [5.74, 6) is 6.91. The van der Waals surface area contributed by atoms with Gasteiger partial charge in [-0.15, -0.1) is 5.10 Å². The maximum absolute atomic E-state index is 11.0. The first kappa shape index (κ1) is 39.4. The average molecular weight is 794 g/mol. The number of aryl methyl sites for hydroxylation is 1. The van der Waals surface area contributed by atoms with Crippen LogP contribution in [0.1, 0.15) is 82.9 Å². The zero-order valence-electron chi connectivity index (χ0n) is 34.5. The van der Waals surface area contributed by atoms with Crippen molar-refractivity contribution in [2.24, 2.45) is 22.0 Å². The molecule has 1 unspecified atom stereocenters. The Morgan fingerprint density at radius 3 is 2.40 bits per heavy atom. The highest BCUT2D eigenvalue weighted by Crippen LogP contribution is 2.50. The smallest absolute Gasteiger partial charge is 0.177 e. The Morgan fingerprint density at radius 1 is 0.966 bits per heavy atom. The van der Waals surface area contributed by atoms with Crippen LogP contribution in [0.25, 0.3) is 17.0 Å². The number of nitrogens with two attached hydrogens (primary N) is 1. The van der Waals surface area contributed by atoms with Crippen molar-refractivity contribution in [3.05, 3.63) is 59.5 Å². The van der Waals surface area contributed by atoms with Crippen LogP contribution in [0.2, 0.25) is 0 Å². The van der Waals surface area contributed by atoms with Crippen molar-refractivity contribution in [1.82, 2.24) is 24.9 Å². The van der Waals surface area contributed by atoms with Crippen molar-refractivity contribution in [3.63, 3.8) is 0 Å². The molecule has 0 radical (unpaired) electrons. The molecule has 2 aromatic heterocycles. The molecular weight excluding hydrogens is 735 g/mol. The number of aliphatic hydroxyl groups excluding tert-OH is 1. The average Bonchev–Trinajstić information content (AvgIpc) is 4.14. The lowest BCUT2D eigenvalue weighted by molar-refractivity contribution is -0.228. The summed E-state index contributed by atoms with van der Waals surface area (Å²) in [7, 11) is 0. The summed E-state index contributed by atoms with van der Waals surface area (Å²) in [6.07, 6.45) is 12.7. The maximum Gasteiger partial charge on any atom is 0.177 e. The molecule has 1 spiro atoms. The van der Waals surface area contributed by atoms with Crippen LogP contribution >= 0.6 is 0 Å². The SMILES string of the molecule is CCc1cc(C#CCN)ccc1C1=CN(CC2OCC(C)(C)CO2)C1(C)CCC1(CO)CN(c2cnc(-c3cn(CC4OCC5(CC5)CO4)nn3)c(OC3CC3)c2)C1. The molecular formula is C45H59N7O6. The third-order valence-corrected chi connectivity index (χ3v) is 13.1. The van der Waals surface area contributed by atoms with Crippen molar-refractivity contribution in [2.45, 2.75) is 103 Å². The number of nitrogens with zero attached hydrogens (tertiary/aromatic N) is 6. The van der Waals surface area contributed by atoms with E-state index in [2.05, 4.69) is 90.1 Å². The molecule has 0 amide bonds. The summed E-state index contributed by atoms with van der Waals surface area (Å²) in [6, 6.07) is 8.59. The van der Waals surface area contributed by atoms with Gasteiger partial charge in [-0.2, -0.15) is 0 Å². The monoisotopic (exact) mass is 793 g/mol. The van der Waals surface area contributed by atoms with E-state index in [-0.39, 0.29) is 47.1 Å². The molecule has 13 nitrogen and oxygen atoms in total. The third-order valence-electron chi connectivity index (χ3n) is 13.1. The molecule has 9 rings (SSSR count). The Hall–Kier alpha value is -4.03. The van der Waals surface area contributed by atoms with Gasteiger partial charge in [0, 0.05) is 52.7 Å². The Balaban J connectivity index is 0.892. The van der Waals surface area contributed by atoms with Gasteiger partial charge in [-0.05, 0) is 75.1 Å². The van der Waals surface area contributed by atoms with Crippen LogP contribution in [0.5, 0.6) is 5.75 Å². The Morgan fingerprint density at radius 2 is 1.71 bits per heavy atom. The van der Waals surface area contributed by atoms with Gasteiger partial charge in [-0.1, -0.05) is 43.9 Å². The van der Waals surface area contributed by atoms with E-state index < -0.39 is 0 Å². The predicted molar refractivity (Wildman–Crippen MR) is 220 cm³/mol. The summed E-state index contributed by atoms with van der Waals surface area (Å²) in [4.78, 5) is 9.59. The van der Waals surface area contributed by atoms with E-state index in [1.807, 2.05) is 12.4 Å². The minimum Gasteiger partial charge on any atom is -0.488 e. The number of ether oxygens (including phenoxy) is 5. The number of anilines is 1. The van der Waals surface area contributed by atoms with E-state index >= 15 is 0 Å². The van der Waals surface area contributed by atoms with E-state index in [9.17, 15) is 5.11 Å². The van der Waals surface area contributed by atoms with Crippen LogP contribution in [0.4, 0.5) is 5.69 Å². The Bertz CT molecular complexity index is 2060. The number of rotatable bonds is 14. The quantitative estimate of drug-likeness (QED) is 0.212. The highest BCUT2D eigenvalue weighted by atomic mass is 16.7. The Kier molecular flexibility index (Phi) is 10.6. The maximum atomic E-state index is 11.0. The highest BCUT2D eigenvalue weighted by Gasteiger charge is 2.50. The van der Waals surface area contributed by atoms with Gasteiger partial charge in [0.05, 0.1) is 82.4 Å². The normalized spacial score (nSPS) is 25.7. The summed E-state index contributed by atoms with van der Waals surface area (Å²) >= 11 is 0. The molecule has 1 aromatic carbocycles.